The molecule has 0 saturated heterocycles. The highest BCUT2D eigenvalue weighted by atomic mass is 16.7. The van der Waals surface area contributed by atoms with Gasteiger partial charge >= 0.3 is 12.1 Å². The Morgan fingerprint density at radius 3 is 2.64 bits per heavy atom. The van der Waals surface area contributed by atoms with Gasteiger partial charge in [-0.15, -0.1) is 0 Å². The molecule has 0 bridgehead atoms. The largest absolute Gasteiger partial charge is 0.465 e. The lowest BCUT2D eigenvalue weighted by molar-refractivity contribution is -0.141. The summed E-state index contributed by atoms with van der Waals surface area (Å²) in [6, 6.07) is 0. The third-order valence-corrected chi connectivity index (χ3v) is 0.789. The standard InChI is InChI=1S/C5H10N2O4/c1-2-10-4(8)3-7-5(9)11-6/h2-3,6H2,1H3,(H,7,9). The van der Waals surface area contributed by atoms with Gasteiger partial charge in [-0.25, -0.2) is 4.79 Å². The summed E-state index contributed by atoms with van der Waals surface area (Å²) < 4.78 is 4.49. The molecule has 0 spiro atoms. The van der Waals surface area contributed by atoms with Crippen LogP contribution >= 0.6 is 0 Å². The number of carbonyl (C=O) groups is 2. The highest BCUT2D eigenvalue weighted by Gasteiger charge is 2.04. The van der Waals surface area contributed by atoms with E-state index < -0.39 is 12.1 Å². The van der Waals surface area contributed by atoms with Crippen LogP contribution in [-0.4, -0.2) is 25.2 Å². The highest BCUT2D eigenvalue weighted by Crippen LogP contribution is 1.75. The molecule has 64 valence electrons. The number of nitrogens with one attached hydrogen (secondary N) is 1. The molecule has 0 unspecified atom stereocenters. The number of nitrogens with two attached hydrogens (primary N) is 1. The summed E-state index contributed by atoms with van der Waals surface area (Å²) in [5, 5.41) is 2.06. The Hall–Kier alpha value is -1.30. The van der Waals surface area contributed by atoms with E-state index in [0.717, 1.165) is 0 Å². The molecule has 0 radical (unpaired) electrons. The van der Waals surface area contributed by atoms with Gasteiger partial charge in [-0.2, -0.15) is 5.90 Å². The van der Waals surface area contributed by atoms with Crippen LogP contribution in [0.4, 0.5) is 4.79 Å². The highest BCUT2D eigenvalue weighted by molar-refractivity contribution is 5.77. The zero-order valence-electron chi connectivity index (χ0n) is 6.12. The van der Waals surface area contributed by atoms with E-state index in [1.54, 1.807) is 6.92 Å². The molecular weight excluding hydrogens is 152 g/mol. The molecule has 0 heterocycles. The summed E-state index contributed by atoms with van der Waals surface area (Å²) in [4.78, 5) is 24.5. The first-order valence-electron chi connectivity index (χ1n) is 3.01. The Balaban J connectivity index is 3.38. The molecule has 0 aliphatic rings. The molecule has 0 atom stereocenters. The van der Waals surface area contributed by atoms with Crippen molar-refractivity contribution in [2.24, 2.45) is 5.90 Å². The molecule has 0 aromatic carbocycles. The lowest BCUT2D eigenvalue weighted by Gasteiger charge is -2.01. The predicted octanol–water partition coefficient (Wildman–Crippen LogP) is -0.851. The summed E-state index contributed by atoms with van der Waals surface area (Å²) in [6.45, 7) is 1.71. The Morgan fingerprint density at radius 2 is 2.18 bits per heavy atom. The summed E-state index contributed by atoms with van der Waals surface area (Å²) in [6.07, 6.45) is -0.863. The minimum Gasteiger partial charge on any atom is -0.465 e. The molecule has 0 rings (SSSR count). The molecular formula is C5H10N2O4. The van der Waals surface area contributed by atoms with Gasteiger partial charge in [0.25, 0.3) is 0 Å². The van der Waals surface area contributed by atoms with E-state index in [0.29, 0.717) is 0 Å². The summed E-state index contributed by atoms with van der Waals surface area (Å²) in [7, 11) is 0. The summed E-state index contributed by atoms with van der Waals surface area (Å²) in [5.41, 5.74) is 0. The van der Waals surface area contributed by atoms with Gasteiger partial charge in [-0.3, -0.25) is 4.79 Å². The van der Waals surface area contributed by atoms with Crippen LogP contribution in [0.2, 0.25) is 0 Å². The summed E-state index contributed by atoms with van der Waals surface area (Å²) >= 11 is 0. The van der Waals surface area contributed by atoms with Crippen LogP contribution in [0.5, 0.6) is 0 Å². The van der Waals surface area contributed by atoms with Crippen molar-refractivity contribution in [1.29, 1.82) is 0 Å². The zero-order chi connectivity index (χ0) is 8.69. The van der Waals surface area contributed by atoms with Crippen molar-refractivity contribution in [2.45, 2.75) is 6.92 Å². The Labute approximate surface area is 63.6 Å². The molecule has 0 aliphatic heterocycles. The number of hydrogen-bond donors (Lipinski definition) is 2. The molecule has 11 heavy (non-hydrogen) atoms. The fourth-order valence-corrected chi connectivity index (χ4v) is 0.398. The maximum Gasteiger partial charge on any atom is 0.426 e. The number of hydrogen-bond acceptors (Lipinski definition) is 5. The van der Waals surface area contributed by atoms with E-state index in [1.165, 1.54) is 0 Å². The van der Waals surface area contributed by atoms with Crippen LogP contribution in [-0.2, 0) is 14.4 Å². The molecule has 0 aliphatic carbocycles. The van der Waals surface area contributed by atoms with Gasteiger partial charge in [0, 0.05) is 0 Å². The zero-order valence-corrected chi connectivity index (χ0v) is 6.12. The fourth-order valence-electron chi connectivity index (χ4n) is 0.398. The van der Waals surface area contributed by atoms with Gasteiger partial charge in [0.1, 0.15) is 6.54 Å². The van der Waals surface area contributed by atoms with Gasteiger partial charge in [0.2, 0.25) is 0 Å². The minimum absolute atomic E-state index is 0.232. The quantitative estimate of drug-likeness (QED) is 0.416. The van der Waals surface area contributed by atoms with Crippen molar-refractivity contribution in [1.82, 2.24) is 5.32 Å². The normalized spacial score (nSPS) is 8.55. The molecule has 0 aromatic rings. The molecule has 3 N–H and O–H groups in total. The maximum absolute atomic E-state index is 10.5. The average molecular weight is 162 g/mol. The average Bonchev–Trinajstić information content (AvgIpc) is 2.01. The van der Waals surface area contributed by atoms with Crippen LogP contribution in [0.1, 0.15) is 6.92 Å². The monoisotopic (exact) mass is 162 g/mol. The number of esters is 1. The van der Waals surface area contributed by atoms with Crippen molar-refractivity contribution in [2.75, 3.05) is 13.2 Å². The first-order chi connectivity index (χ1) is 5.20. The van der Waals surface area contributed by atoms with Crippen molar-refractivity contribution in [3.8, 4) is 0 Å². The lowest BCUT2D eigenvalue weighted by Crippen LogP contribution is -2.32. The second kappa shape index (κ2) is 5.48. The Bertz CT molecular complexity index is 147. The van der Waals surface area contributed by atoms with E-state index in [-0.39, 0.29) is 13.2 Å². The number of amides is 1. The van der Waals surface area contributed by atoms with Crippen LogP contribution < -0.4 is 11.2 Å². The number of rotatable bonds is 3. The van der Waals surface area contributed by atoms with E-state index in [1.807, 2.05) is 0 Å². The Morgan fingerprint density at radius 1 is 1.55 bits per heavy atom. The molecule has 6 heteroatoms. The first kappa shape index (κ1) is 9.70. The minimum atomic E-state index is -0.863. The van der Waals surface area contributed by atoms with Gasteiger partial charge in [-0.1, -0.05) is 0 Å². The topological polar surface area (TPSA) is 90.6 Å². The van der Waals surface area contributed by atoms with Crippen LogP contribution in [0.25, 0.3) is 0 Å². The van der Waals surface area contributed by atoms with Crippen LogP contribution in [0, 0.1) is 0 Å². The van der Waals surface area contributed by atoms with Crippen molar-refractivity contribution >= 4 is 12.1 Å². The first-order valence-corrected chi connectivity index (χ1v) is 3.01. The fraction of sp³-hybridized carbons (Fsp3) is 0.600. The smallest absolute Gasteiger partial charge is 0.426 e. The predicted molar refractivity (Wildman–Crippen MR) is 35.3 cm³/mol. The van der Waals surface area contributed by atoms with Gasteiger partial charge < -0.3 is 14.9 Å². The van der Waals surface area contributed by atoms with Crippen molar-refractivity contribution < 1.29 is 19.2 Å². The Kier molecular flexibility index (Phi) is 4.83. The van der Waals surface area contributed by atoms with Gasteiger partial charge in [-0.05, 0) is 6.92 Å². The number of ether oxygens (including phenoxy) is 1. The maximum atomic E-state index is 10.5. The lowest BCUT2D eigenvalue weighted by atomic mass is 10.6. The van der Waals surface area contributed by atoms with Gasteiger partial charge in [0.05, 0.1) is 6.61 Å². The van der Waals surface area contributed by atoms with Crippen LogP contribution in [0.3, 0.4) is 0 Å². The van der Waals surface area contributed by atoms with Crippen LogP contribution in [0.15, 0.2) is 0 Å². The molecule has 0 aromatic heterocycles. The van der Waals surface area contributed by atoms with Gasteiger partial charge in [0.15, 0.2) is 0 Å². The van der Waals surface area contributed by atoms with E-state index in [9.17, 15) is 9.59 Å². The van der Waals surface area contributed by atoms with Crippen molar-refractivity contribution in [3.05, 3.63) is 0 Å². The van der Waals surface area contributed by atoms with Crippen molar-refractivity contribution in [3.63, 3.8) is 0 Å². The SMILES string of the molecule is CCOC(=O)CNC(=O)ON. The second-order valence-corrected chi connectivity index (χ2v) is 1.56. The second-order valence-electron chi connectivity index (χ2n) is 1.56. The van der Waals surface area contributed by atoms with E-state index in [2.05, 4.69) is 20.8 Å². The van der Waals surface area contributed by atoms with E-state index >= 15 is 0 Å². The molecule has 1 amide bonds. The van der Waals surface area contributed by atoms with E-state index in [4.69, 9.17) is 0 Å². The molecule has 0 saturated carbocycles. The third kappa shape index (κ3) is 5.16. The molecule has 6 nitrogen and oxygen atoms in total. The third-order valence-electron chi connectivity index (χ3n) is 0.789. The molecule has 0 fully saturated rings. The summed E-state index contributed by atoms with van der Waals surface area (Å²) in [5.74, 6) is 3.94. The number of carbonyl (C=O) groups excluding carboxylic acids is 2.